The summed E-state index contributed by atoms with van der Waals surface area (Å²) in [5.74, 6) is -0.498. The number of halogens is 2. The Bertz CT molecular complexity index is 304. The largest absolute Gasteiger partial charge is 0.490 e. The van der Waals surface area contributed by atoms with E-state index in [1.807, 2.05) is 0 Å². The minimum absolute atomic E-state index is 0.0247. The highest BCUT2D eigenvalue weighted by atomic mass is 35.5. The van der Waals surface area contributed by atoms with Crippen molar-refractivity contribution in [1.82, 2.24) is 0 Å². The van der Waals surface area contributed by atoms with Gasteiger partial charge in [-0.2, -0.15) is 0 Å². The van der Waals surface area contributed by atoms with Gasteiger partial charge in [0.25, 0.3) is 0 Å². The molecule has 5 heteroatoms. The van der Waals surface area contributed by atoms with Gasteiger partial charge in [-0.3, -0.25) is 0 Å². The van der Waals surface area contributed by atoms with Crippen molar-refractivity contribution in [3.8, 4) is 0 Å². The van der Waals surface area contributed by atoms with E-state index in [0.717, 1.165) is 0 Å². The Morgan fingerprint density at radius 1 is 1.42 bits per heavy atom. The molecule has 0 aliphatic heterocycles. The highest BCUT2D eigenvalue weighted by Crippen LogP contribution is 2.11. The molecule has 0 bridgehead atoms. The summed E-state index contributed by atoms with van der Waals surface area (Å²) in [5, 5.41) is 17.8. The van der Waals surface area contributed by atoms with E-state index < -0.39 is 12.9 Å². The summed E-state index contributed by atoms with van der Waals surface area (Å²) in [4.78, 5) is 0. The lowest BCUT2D eigenvalue weighted by Crippen LogP contribution is -2.33. The molecule has 0 aliphatic rings. The Balaban J connectivity index is 3.33. The number of hydrogen-bond donors (Lipinski definition) is 2. The molecule has 0 atom stereocenters. The van der Waals surface area contributed by atoms with Crippen molar-refractivity contribution in [2.24, 2.45) is 0 Å². The van der Waals surface area contributed by atoms with Crippen molar-refractivity contribution in [2.75, 3.05) is 0 Å². The molecule has 0 unspecified atom stereocenters. The van der Waals surface area contributed by atoms with E-state index in [0.29, 0.717) is 0 Å². The average molecular weight is 188 g/mol. The molecule has 1 aromatic rings. The van der Waals surface area contributed by atoms with Gasteiger partial charge in [0.15, 0.2) is 0 Å². The predicted molar refractivity (Wildman–Crippen MR) is 46.0 cm³/mol. The molecule has 12 heavy (non-hydrogen) atoms. The lowest BCUT2D eigenvalue weighted by molar-refractivity contribution is 0.425. The van der Waals surface area contributed by atoms with Crippen LogP contribution in [0.15, 0.2) is 12.1 Å². The maximum Gasteiger partial charge on any atom is 0.490 e. The monoisotopic (exact) mass is 188 g/mol. The van der Waals surface area contributed by atoms with E-state index in [2.05, 4.69) is 0 Å². The molecule has 0 aliphatic carbocycles. The zero-order chi connectivity index (χ0) is 9.30. The molecular formula is C7H7BClFO2. The third kappa shape index (κ3) is 1.60. The maximum absolute atomic E-state index is 12.8. The molecule has 0 fully saturated rings. The molecule has 0 saturated carbocycles. The highest BCUT2D eigenvalue weighted by Gasteiger charge is 2.19. The number of benzene rings is 1. The summed E-state index contributed by atoms with van der Waals surface area (Å²) in [6.07, 6.45) is 0. The first-order chi connectivity index (χ1) is 5.54. The van der Waals surface area contributed by atoms with Crippen molar-refractivity contribution >= 4 is 24.2 Å². The quantitative estimate of drug-likeness (QED) is 0.629. The predicted octanol–water partition coefficient (Wildman–Crippen LogP) is 0.467. The van der Waals surface area contributed by atoms with Crippen LogP contribution in [0.3, 0.4) is 0 Å². The summed E-state index contributed by atoms with van der Waals surface area (Å²) in [5.41, 5.74) is 0.189. The molecule has 1 rings (SSSR count). The molecule has 64 valence electrons. The lowest BCUT2D eigenvalue weighted by atomic mass is 9.77. The molecule has 2 N–H and O–H groups in total. The summed E-state index contributed by atoms with van der Waals surface area (Å²) in [6.45, 7) is 1.44. The van der Waals surface area contributed by atoms with Crippen LogP contribution in [0, 0.1) is 12.7 Å². The van der Waals surface area contributed by atoms with Gasteiger partial charge in [0.05, 0.1) is 0 Å². The van der Waals surface area contributed by atoms with Crippen molar-refractivity contribution in [3.63, 3.8) is 0 Å². The van der Waals surface area contributed by atoms with Crippen LogP contribution in [0.25, 0.3) is 0 Å². The van der Waals surface area contributed by atoms with Crippen LogP contribution in [0.1, 0.15) is 5.56 Å². The molecule has 1 aromatic carbocycles. The SMILES string of the molecule is Cc1c(F)ccc(Cl)c1B(O)O. The highest BCUT2D eigenvalue weighted by molar-refractivity contribution is 6.63. The Hall–Kier alpha value is -0.575. The van der Waals surface area contributed by atoms with Crippen LogP contribution in [0.4, 0.5) is 4.39 Å². The third-order valence-electron chi connectivity index (χ3n) is 1.65. The van der Waals surface area contributed by atoms with Gasteiger partial charge in [-0.15, -0.1) is 0 Å². The molecule has 0 heterocycles. The minimum Gasteiger partial charge on any atom is -0.423 e. The molecule has 0 radical (unpaired) electrons. The smallest absolute Gasteiger partial charge is 0.423 e. The Morgan fingerprint density at radius 2 is 2.00 bits per heavy atom. The van der Waals surface area contributed by atoms with Crippen LogP contribution < -0.4 is 5.46 Å². The summed E-state index contributed by atoms with van der Waals surface area (Å²) >= 11 is 5.61. The second-order valence-electron chi connectivity index (χ2n) is 2.44. The zero-order valence-electron chi connectivity index (χ0n) is 6.38. The summed E-state index contributed by atoms with van der Waals surface area (Å²) < 4.78 is 12.8. The molecule has 0 aromatic heterocycles. The average Bonchev–Trinajstić information content (AvgIpc) is 1.97. The Morgan fingerprint density at radius 3 is 2.42 bits per heavy atom. The lowest BCUT2D eigenvalue weighted by Gasteiger charge is -2.07. The fourth-order valence-corrected chi connectivity index (χ4v) is 1.29. The molecular weight excluding hydrogens is 181 g/mol. The summed E-state index contributed by atoms with van der Waals surface area (Å²) in [6, 6.07) is 2.47. The van der Waals surface area contributed by atoms with Crippen LogP contribution in [0.2, 0.25) is 5.02 Å². The van der Waals surface area contributed by atoms with Gasteiger partial charge in [-0.05, 0) is 24.6 Å². The Kier molecular flexibility index (Phi) is 2.72. The third-order valence-corrected chi connectivity index (χ3v) is 1.98. The van der Waals surface area contributed by atoms with E-state index in [1.165, 1.54) is 19.1 Å². The number of hydrogen-bond acceptors (Lipinski definition) is 2. The second-order valence-corrected chi connectivity index (χ2v) is 2.85. The van der Waals surface area contributed by atoms with E-state index in [1.54, 1.807) is 0 Å². The van der Waals surface area contributed by atoms with E-state index >= 15 is 0 Å². The molecule has 2 nitrogen and oxygen atoms in total. The van der Waals surface area contributed by atoms with Gasteiger partial charge in [-0.1, -0.05) is 11.6 Å². The molecule has 0 saturated heterocycles. The van der Waals surface area contributed by atoms with Gasteiger partial charge in [0.1, 0.15) is 5.82 Å². The van der Waals surface area contributed by atoms with Gasteiger partial charge in [0.2, 0.25) is 0 Å². The number of rotatable bonds is 1. The topological polar surface area (TPSA) is 40.5 Å². The first-order valence-electron chi connectivity index (χ1n) is 3.34. The fraction of sp³-hybridized carbons (Fsp3) is 0.143. The van der Waals surface area contributed by atoms with Crippen molar-refractivity contribution in [3.05, 3.63) is 28.5 Å². The first kappa shape index (κ1) is 9.51. The van der Waals surface area contributed by atoms with E-state index in [4.69, 9.17) is 21.6 Å². The molecule has 0 amide bonds. The first-order valence-corrected chi connectivity index (χ1v) is 3.72. The van der Waals surface area contributed by atoms with E-state index in [-0.39, 0.29) is 16.0 Å². The second kappa shape index (κ2) is 3.43. The van der Waals surface area contributed by atoms with Crippen molar-refractivity contribution in [1.29, 1.82) is 0 Å². The summed E-state index contributed by atoms with van der Waals surface area (Å²) in [7, 11) is -1.73. The zero-order valence-corrected chi connectivity index (χ0v) is 7.14. The van der Waals surface area contributed by atoms with Gasteiger partial charge in [0, 0.05) is 10.5 Å². The van der Waals surface area contributed by atoms with Crippen LogP contribution in [0.5, 0.6) is 0 Å². The van der Waals surface area contributed by atoms with Crippen molar-refractivity contribution < 1.29 is 14.4 Å². The fourth-order valence-electron chi connectivity index (χ4n) is 0.986. The minimum atomic E-state index is -1.73. The van der Waals surface area contributed by atoms with Gasteiger partial charge >= 0.3 is 7.12 Å². The van der Waals surface area contributed by atoms with Gasteiger partial charge < -0.3 is 10.0 Å². The van der Waals surface area contributed by atoms with Crippen LogP contribution in [-0.2, 0) is 0 Å². The standard InChI is InChI=1S/C7H7BClFO2/c1-4-6(10)3-2-5(9)7(4)8(11)12/h2-3,11-12H,1H3. The van der Waals surface area contributed by atoms with Crippen LogP contribution >= 0.6 is 11.6 Å². The maximum atomic E-state index is 12.8. The van der Waals surface area contributed by atoms with E-state index in [9.17, 15) is 4.39 Å². The van der Waals surface area contributed by atoms with Crippen molar-refractivity contribution in [2.45, 2.75) is 6.92 Å². The molecule has 0 spiro atoms. The van der Waals surface area contributed by atoms with Gasteiger partial charge in [-0.25, -0.2) is 4.39 Å². The normalized spacial score (nSPS) is 10.1. The Labute approximate surface area is 74.7 Å². The van der Waals surface area contributed by atoms with Crippen LogP contribution in [-0.4, -0.2) is 17.2 Å².